The third-order valence-electron chi connectivity index (χ3n) is 2.01. The Labute approximate surface area is 94.8 Å². The SMILES string of the molecule is COc1c(CC(C)(C)N)ccc(Cl)c1O. The van der Waals surface area contributed by atoms with Crippen molar-refractivity contribution < 1.29 is 9.84 Å². The molecule has 84 valence electrons. The number of rotatable bonds is 3. The maximum absolute atomic E-state index is 9.68. The molecule has 0 spiro atoms. The fourth-order valence-electron chi connectivity index (χ4n) is 1.45. The lowest BCUT2D eigenvalue weighted by molar-refractivity contribution is 0.365. The van der Waals surface area contributed by atoms with E-state index in [2.05, 4.69) is 0 Å². The van der Waals surface area contributed by atoms with Crippen molar-refractivity contribution in [3.8, 4) is 11.5 Å². The Morgan fingerprint density at radius 2 is 2.07 bits per heavy atom. The highest BCUT2D eigenvalue weighted by Crippen LogP contribution is 2.37. The predicted molar refractivity (Wildman–Crippen MR) is 61.6 cm³/mol. The summed E-state index contributed by atoms with van der Waals surface area (Å²) in [5, 5.41) is 9.96. The summed E-state index contributed by atoms with van der Waals surface area (Å²) in [5.74, 6) is 0.377. The van der Waals surface area contributed by atoms with Crippen molar-refractivity contribution in [1.29, 1.82) is 0 Å². The Balaban J connectivity index is 3.14. The van der Waals surface area contributed by atoms with Crippen molar-refractivity contribution >= 4 is 11.6 Å². The van der Waals surface area contributed by atoms with Crippen LogP contribution in [0.5, 0.6) is 11.5 Å². The maximum Gasteiger partial charge on any atom is 0.177 e. The number of benzene rings is 1. The van der Waals surface area contributed by atoms with Gasteiger partial charge in [0.2, 0.25) is 0 Å². The van der Waals surface area contributed by atoms with E-state index in [0.29, 0.717) is 12.2 Å². The third kappa shape index (κ3) is 3.01. The van der Waals surface area contributed by atoms with Crippen LogP contribution in [-0.2, 0) is 6.42 Å². The second kappa shape index (κ2) is 4.29. The number of aromatic hydroxyl groups is 1. The number of phenolic OH excluding ortho intramolecular Hbond substituents is 1. The van der Waals surface area contributed by atoms with Gasteiger partial charge in [0.15, 0.2) is 11.5 Å². The largest absolute Gasteiger partial charge is 0.503 e. The summed E-state index contributed by atoms with van der Waals surface area (Å²) in [6.45, 7) is 3.83. The summed E-state index contributed by atoms with van der Waals surface area (Å²) < 4.78 is 5.11. The molecule has 3 nitrogen and oxygen atoms in total. The second-order valence-electron chi connectivity index (χ2n) is 4.25. The van der Waals surface area contributed by atoms with Gasteiger partial charge in [0, 0.05) is 5.54 Å². The van der Waals surface area contributed by atoms with Crippen LogP contribution in [0.2, 0.25) is 5.02 Å². The molecule has 0 aliphatic rings. The number of halogens is 1. The highest BCUT2D eigenvalue weighted by molar-refractivity contribution is 6.32. The van der Waals surface area contributed by atoms with Crippen LogP contribution in [0.4, 0.5) is 0 Å². The van der Waals surface area contributed by atoms with E-state index in [1.165, 1.54) is 7.11 Å². The van der Waals surface area contributed by atoms with Crippen molar-refractivity contribution in [2.45, 2.75) is 25.8 Å². The first kappa shape index (κ1) is 12.1. The monoisotopic (exact) mass is 229 g/mol. The lowest BCUT2D eigenvalue weighted by Gasteiger charge is -2.20. The number of phenols is 1. The number of methoxy groups -OCH3 is 1. The molecule has 3 N–H and O–H groups in total. The van der Waals surface area contributed by atoms with Crippen molar-refractivity contribution in [3.05, 3.63) is 22.7 Å². The van der Waals surface area contributed by atoms with Crippen LogP contribution in [0.1, 0.15) is 19.4 Å². The molecule has 15 heavy (non-hydrogen) atoms. The summed E-state index contributed by atoms with van der Waals surface area (Å²) in [4.78, 5) is 0. The maximum atomic E-state index is 9.68. The zero-order valence-corrected chi connectivity index (χ0v) is 9.93. The molecule has 1 rings (SSSR count). The fourth-order valence-corrected chi connectivity index (χ4v) is 1.60. The normalized spacial score (nSPS) is 11.5. The highest BCUT2D eigenvalue weighted by atomic mass is 35.5. The average Bonchev–Trinajstić information content (AvgIpc) is 2.10. The van der Waals surface area contributed by atoms with Gasteiger partial charge in [-0.3, -0.25) is 0 Å². The van der Waals surface area contributed by atoms with Gasteiger partial charge in [0.05, 0.1) is 12.1 Å². The number of hydrogen-bond acceptors (Lipinski definition) is 3. The van der Waals surface area contributed by atoms with Crippen molar-refractivity contribution in [2.24, 2.45) is 5.73 Å². The average molecular weight is 230 g/mol. The van der Waals surface area contributed by atoms with E-state index >= 15 is 0 Å². The van der Waals surface area contributed by atoms with Gasteiger partial charge in [-0.05, 0) is 31.9 Å². The van der Waals surface area contributed by atoms with E-state index in [0.717, 1.165) is 5.56 Å². The molecule has 0 bridgehead atoms. The standard InChI is InChI=1S/C11H16ClNO2/c1-11(2,13)6-7-4-5-8(12)9(14)10(7)15-3/h4-5,14H,6,13H2,1-3H3. The number of hydrogen-bond donors (Lipinski definition) is 2. The molecule has 0 saturated heterocycles. The van der Waals surface area contributed by atoms with Crippen LogP contribution >= 0.6 is 11.6 Å². The van der Waals surface area contributed by atoms with E-state index in [9.17, 15) is 5.11 Å². The molecule has 1 aromatic carbocycles. The molecule has 0 unspecified atom stereocenters. The first-order valence-electron chi connectivity index (χ1n) is 4.68. The zero-order chi connectivity index (χ0) is 11.6. The van der Waals surface area contributed by atoms with Crippen molar-refractivity contribution in [2.75, 3.05) is 7.11 Å². The summed E-state index contributed by atoms with van der Waals surface area (Å²) in [6.07, 6.45) is 0.612. The Kier molecular flexibility index (Phi) is 3.47. The van der Waals surface area contributed by atoms with Gasteiger partial charge in [-0.1, -0.05) is 17.7 Å². The molecular weight excluding hydrogens is 214 g/mol. The zero-order valence-electron chi connectivity index (χ0n) is 9.17. The summed E-state index contributed by atoms with van der Waals surface area (Å²) in [5.41, 5.74) is 6.41. The second-order valence-corrected chi connectivity index (χ2v) is 4.66. The quantitative estimate of drug-likeness (QED) is 0.837. The lowest BCUT2D eigenvalue weighted by Crippen LogP contribution is -2.34. The molecule has 0 aliphatic carbocycles. The predicted octanol–water partition coefficient (Wildman–Crippen LogP) is 2.33. The fraction of sp³-hybridized carbons (Fsp3) is 0.455. The van der Waals surface area contributed by atoms with Crippen LogP contribution in [0.15, 0.2) is 12.1 Å². The smallest absolute Gasteiger partial charge is 0.177 e. The van der Waals surface area contributed by atoms with E-state index in [4.69, 9.17) is 22.1 Å². The van der Waals surface area contributed by atoms with Gasteiger partial charge in [-0.25, -0.2) is 0 Å². The highest BCUT2D eigenvalue weighted by Gasteiger charge is 2.18. The third-order valence-corrected chi connectivity index (χ3v) is 2.32. The van der Waals surface area contributed by atoms with Gasteiger partial charge >= 0.3 is 0 Å². The molecule has 0 atom stereocenters. The van der Waals surface area contributed by atoms with Crippen LogP contribution in [0.25, 0.3) is 0 Å². The summed E-state index contributed by atoms with van der Waals surface area (Å²) >= 11 is 5.77. The molecule has 0 radical (unpaired) electrons. The van der Waals surface area contributed by atoms with Gasteiger partial charge in [-0.15, -0.1) is 0 Å². The summed E-state index contributed by atoms with van der Waals surface area (Å²) in [6, 6.07) is 3.45. The lowest BCUT2D eigenvalue weighted by atomic mass is 9.95. The molecule has 0 fully saturated rings. The first-order valence-corrected chi connectivity index (χ1v) is 5.06. The Hall–Kier alpha value is -0.930. The number of nitrogens with two attached hydrogens (primary N) is 1. The van der Waals surface area contributed by atoms with Crippen LogP contribution < -0.4 is 10.5 Å². The molecule has 0 aromatic heterocycles. The van der Waals surface area contributed by atoms with Crippen molar-refractivity contribution in [1.82, 2.24) is 0 Å². The molecule has 0 saturated carbocycles. The Bertz CT molecular complexity index is 358. The molecule has 0 aliphatic heterocycles. The molecule has 0 heterocycles. The topological polar surface area (TPSA) is 55.5 Å². The number of ether oxygens (including phenoxy) is 1. The van der Waals surface area contributed by atoms with Crippen LogP contribution in [0, 0.1) is 0 Å². The Morgan fingerprint density at radius 1 is 1.47 bits per heavy atom. The van der Waals surface area contributed by atoms with Crippen molar-refractivity contribution in [3.63, 3.8) is 0 Å². The summed E-state index contributed by atoms with van der Waals surface area (Å²) in [7, 11) is 1.50. The Morgan fingerprint density at radius 3 is 2.53 bits per heavy atom. The van der Waals surface area contributed by atoms with E-state index in [-0.39, 0.29) is 16.3 Å². The molecule has 4 heteroatoms. The minimum Gasteiger partial charge on any atom is -0.503 e. The van der Waals surface area contributed by atoms with Gasteiger partial charge < -0.3 is 15.6 Å². The molecule has 0 amide bonds. The molecular formula is C11H16ClNO2. The van der Waals surface area contributed by atoms with Gasteiger partial charge in [0.1, 0.15) is 0 Å². The molecule has 1 aromatic rings. The minimum absolute atomic E-state index is 0.0269. The van der Waals surface area contributed by atoms with Gasteiger partial charge in [-0.2, -0.15) is 0 Å². The first-order chi connectivity index (χ1) is 6.85. The van der Waals surface area contributed by atoms with E-state index in [1.807, 2.05) is 19.9 Å². The van der Waals surface area contributed by atoms with E-state index in [1.54, 1.807) is 6.07 Å². The van der Waals surface area contributed by atoms with Gasteiger partial charge in [0.25, 0.3) is 0 Å². The van der Waals surface area contributed by atoms with Crippen LogP contribution in [-0.4, -0.2) is 17.8 Å². The van der Waals surface area contributed by atoms with Crippen LogP contribution in [0.3, 0.4) is 0 Å². The minimum atomic E-state index is -0.354. The van der Waals surface area contributed by atoms with E-state index < -0.39 is 0 Å².